The molecule has 0 aliphatic heterocycles. The van der Waals surface area contributed by atoms with Crippen molar-refractivity contribution in [1.29, 1.82) is 0 Å². The third kappa shape index (κ3) is 4.05. The van der Waals surface area contributed by atoms with Crippen molar-refractivity contribution in [1.82, 2.24) is 20.3 Å². The Kier molecular flexibility index (Phi) is 5.11. The molecule has 0 bridgehead atoms. The fraction of sp³-hybridized carbons (Fsp3) is 0.286. The van der Waals surface area contributed by atoms with Gasteiger partial charge in [0.2, 0.25) is 5.95 Å². The quantitative estimate of drug-likeness (QED) is 0.899. The van der Waals surface area contributed by atoms with Gasteiger partial charge in [0.1, 0.15) is 0 Å². The van der Waals surface area contributed by atoms with Gasteiger partial charge in [0.15, 0.2) is 5.82 Å². The maximum Gasteiger partial charge on any atom is 0.321 e. The van der Waals surface area contributed by atoms with Crippen LogP contribution in [0.15, 0.2) is 24.3 Å². The lowest BCUT2D eigenvalue weighted by atomic mass is 10.2. The molecule has 8 heteroatoms. The number of amides is 1. The highest BCUT2D eigenvalue weighted by Gasteiger charge is 2.11. The van der Waals surface area contributed by atoms with Gasteiger partial charge in [-0.1, -0.05) is 17.7 Å². The summed E-state index contributed by atoms with van der Waals surface area (Å²) in [5, 5.41) is 3.24. The molecule has 1 amide bonds. The van der Waals surface area contributed by atoms with Crippen molar-refractivity contribution in [2.75, 3.05) is 26.1 Å². The molecule has 0 saturated carbocycles. The number of ether oxygens (including phenoxy) is 1. The SMILES string of the molecule is COc1nc(CNC(=O)c2cccc(Cl)c2)nc(N(C)C)n1. The Hall–Kier alpha value is -2.41. The standard InChI is InChI=1S/C14H16ClN5O2/c1-20(2)13-17-11(18-14(19-13)22-3)8-16-12(21)9-5-4-6-10(15)7-9/h4-7H,8H2,1-3H3,(H,16,21). The first kappa shape index (κ1) is 16.0. The molecule has 0 spiro atoms. The number of nitrogens with one attached hydrogen (secondary N) is 1. The summed E-state index contributed by atoms with van der Waals surface area (Å²) in [6.07, 6.45) is 0. The van der Waals surface area contributed by atoms with Gasteiger partial charge in [-0.25, -0.2) is 0 Å². The molecule has 1 aromatic heterocycles. The largest absolute Gasteiger partial charge is 0.467 e. The highest BCUT2D eigenvalue weighted by atomic mass is 35.5. The summed E-state index contributed by atoms with van der Waals surface area (Å²) >= 11 is 5.87. The van der Waals surface area contributed by atoms with E-state index < -0.39 is 0 Å². The van der Waals surface area contributed by atoms with Crippen molar-refractivity contribution in [3.05, 3.63) is 40.7 Å². The highest BCUT2D eigenvalue weighted by molar-refractivity contribution is 6.30. The number of halogens is 1. The number of aromatic nitrogens is 3. The van der Waals surface area contributed by atoms with Crippen LogP contribution in [0.25, 0.3) is 0 Å². The predicted octanol–water partition coefficient (Wildman–Crippen LogP) is 1.53. The topological polar surface area (TPSA) is 80.2 Å². The highest BCUT2D eigenvalue weighted by Crippen LogP contribution is 2.12. The molecule has 0 saturated heterocycles. The first-order valence-corrected chi connectivity index (χ1v) is 6.87. The molecular weight excluding hydrogens is 306 g/mol. The van der Waals surface area contributed by atoms with Gasteiger partial charge in [-0.15, -0.1) is 0 Å². The van der Waals surface area contributed by atoms with E-state index in [1.165, 1.54) is 7.11 Å². The van der Waals surface area contributed by atoms with Crippen molar-refractivity contribution >= 4 is 23.5 Å². The third-order valence-corrected chi connectivity index (χ3v) is 2.96. The van der Waals surface area contributed by atoms with Gasteiger partial charge >= 0.3 is 6.01 Å². The van der Waals surface area contributed by atoms with Crippen LogP contribution in [0.2, 0.25) is 5.02 Å². The minimum atomic E-state index is -0.256. The van der Waals surface area contributed by atoms with Crippen molar-refractivity contribution in [3.8, 4) is 6.01 Å². The van der Waals surface area contributed by atoms with E-state index in [-0.39, 0.29) is 18.5 Å². The molecule has 1 aromatic carbocycles. The molecule has 0 unspecified atom stereocenters. The van der Waals surface area contributed by atoms with E-state index in [9.17, 15) is 4.79 Å². The van der Waals surface area contributed by atoms with E-state index in [0.717, 1.165) is 0 Å². The fourth-order valence-electron chi connectivity index (χ4n) is 1.65. The Balaban J connectivity index is 2.10. The van der Waals surface area contributed by atoms with Crippen LogP contribution in [0.4, 0.5) is 5.95 Å². The van der Waals surface area contributed by atoms with Crippen molar-refractivity contribution in [3.63, 3.8) is 0 Å². The zero-order chi connectivity index (χ0) is 16.1. The Morgan fingerprint density at radius 3 is 2.73 bits per heavy atom. The Morgan fingerprint density at radius 2 is 2.09 bits per heavy atom. The summed E-state index contributed by atoms with van der Waals surface area (Å²) in [4.78, 5) is 26.2. The molecule has 0 aliphatic carbocycles. The van der Waals surface area contributed by atoms with Crippen LogP contribution in [0, 0.1) is 0 Å². The fourth-order valence-corrected chi connectivity index (χ4v) is 1.84. The molecule has 2 aromatic rings. The number of carbonyl (C=O) groups excluding carboxylic acids is 1. The van der Waals surface area contributed by atoms with Crippen LogP contribution >= 0.6 is 11.6 Å². The zero-order valence-electron chi connectivity index (χ0n) is 12.5. The molecule has 7 nitrogen and oxygen atoms in total. The minimum Gasteiger partial charge on any atom is -0.467 e. The number of carbonyl (C=O) groups is 1. The molecule has 1 heterocycles. The number of anilines is 1. The first-order valence-electron chi connectivity index (χ1n) is 6.49. The summed E-state index contributed by atoms with van der Waals surface area (Å²) in [5.74, 6) is 0.609. The van der Waals surface area contributed by atoms with Crippen LogP contribution in [-0.2, 0) is 6.54 Å². The van der Waals surface area contributed by atoms with Gasteiger partial charge in [-0.2, -0.15) is 15.0 Å². The summed E-state index contributed by atoms with van der Waals surface area (Å²) in [5.41, 5.74) is 0.473. The number of nitrogens with zero attached hydrogens (tertiary/aromatic N) is 4. The second-order valence-electron chi connectivity index (χ2n) is 4.63. The average molecular weight is 322 g/mol. The molecule has 22 heavy (non-hydrogen) atoms. The van der Waals surface area contributed by atoms with E-state index in [2.05, 4.69) is 20.3 Å². The molecular formula is C14H16ClN5O2. The summed E-state index contributed by atoms with van der Waals surface area (Å²) in [6.45, 7) is 0.158. The Morgan fingerprint density at radius 1 is 1.32 bits per heavy atom. The number of benzene rings is 1. The van der Waals surface area contributed by atoms with Gasteiger partial charge in [-0.05, 0) is 18.2 Å². The smallest absolute Gasteiger partial charge is 0.321 e. The van der Waals surface area contributed by atoms with Crippen molar-refractivity contribution in [2.24, 2.45) is 0 Å². The molecule has 0 atom stereocenters. The van der Waals surface area contributed by atoms with Crippen molar-refractivity contribution < 1.29 is 9.53 Å². The molecule has 0 aliphatic rings. The Labute approximate surface area is 133 Å². The minimum absolute atomic E-state index is 0.158. The molecule has 1 N–H and O–H groups in total. The monoisotopic (exact) mass is 321 g/mol. The summed E-state index contributed by atoms with van der Waals surface area (Å²) in [6, 6.07) is 6.90. The normalized spacial score (nSPS) is 10.2. The van der Waals surface area contributed by atoms with E-state index in [1.807, 2.05) is 14.1 Å². The number of hydrogen-bond donors (Lipinski definition) is 1. The van der Waals surface area contributed by atoms with Gasteiger partial charge in [0.05, 0.1) is 13.7 Å². The summed E-state index contributed by atoms with van der Waals surface area (Å²) in [7, 11) is 5.09. The second-order valence-corrected chi connectivity index (χ2v) is 5.06. The van der Waals surface area contributed by atoms with E-state index in [0.29, 0.717) is 22.4 Å². The van der Waals surface area contributed by atoms with Gasteiger partial charge < -0.3 is 15.0 Å². The van der Waals surface area contributed by atoms with E-state index in [4.69, 9.17) is 16.3 Å². The van der Waals surface area contributed by atoms with Crippen LogP contribution in [-0.4, -0.2) is 42.1 Å². The molecule has 0 fully saturated rings. The number of rotatable bonds is 5. The average Bonchev–Trinajstić information content (AvgIpc) is 2.52. The Bertz CT molecular complexity index is 678. The molecule has 116 valence electrons. The second kappa shape index (κ2) is 7.04. The lowest BCUT2D eigenvalue weighted by Gasteiger charge is -2.12. The third-order valence-electron chi connectivity index (χ3n) is 2.73. The van der Waals surface area contributed by atoms with E-state index >= 15 is 0 Å². The maximum atomic E-state index is 12.1. The predicted molar refractivity (Wildman–Crippen MR) is 83.3 cm³/mol. The van der Waals surface area contributed by atoms with Gasteiger partial charge in [-0.3, -0.25) is 4.79 Å². The lowest BCUT2D eigenvalue weighted by molar-refractivity contribution is 0.0949. The number of methoxy groups -OCH3 is 1. The summed E-state index contributed by atoms with van der Waals surface area (Å²) < 4.78 is 5.03. The maximum absolute atomic E-state index is 12.1. The van der Waals surface area contributed by atoms with Crippen LogP contribution in [0.3, 0.4) is 0 Å². The van der Waals surface area contributed by atoms with Crippen LogP contribution in [0.1, 0.15) is 16.2 Å². The van der Waals surface area contributed by atoms with Crippen LogP contribution in [0.5, 0.6) is 6.01 Å². The number of hydrogen-bond acceptors (Lipinski definition) is 6. The molecule has 2 rings (SSSR count). The zero-order valence-corrected chi connectivity index (χ0v) is 13.3. The lowest BCUT2D eigenvalue weighted by Crippen LogP contribution is -2.25. The van der Waals surface area contributed by atoms with Crippen molar-refractivity contribution in [2.45, 2.75) is 6.54 Å². The van der Waals surface area contributed by atoms with Gasteiger partial charge in [0, 0.05) is 24.7 Å². The first-order chi connectivity index (χ1) is 10.5. The molecule has 0 radical (unpaired) electrons. The van der Waals surface area contributed by atoms with Crippen LogP contribution < -0.4 is 15.0 Å². The van der Waals surface area contributed by atoms with E-state index in [1.54, 1.807) is 29.2 Å². The van der Waals surface area contributed by atoms with Gasteiger partial charge in [0.25, 0.3) is 5.91 Å².